The predicted octanol–water partition coefficient (Wildman–Crippen LogP) is 8.58. The van der Waals surface area contributed by atoms with Gasteiger partial charge in [-0.05, 0) is 72.9 Å². The number of hydrogen-bond acceptors (Lipinski definition) is 2. The maximum absolute atomic E-state index is 5.88. The van der Waals surface area contributed by atoms with Gasteiger partial charge in [0, 0.05) is 4.90 Å². The van der Waals surface area contributed by atoms with Crippen LogP contribution in [0.2, 0.25) is 0 Å². The molecule has 2 aromatic rings. The molecule has 0 unspecified atom stereocenters. The van der Waals surface area contributed by atoms with Gasteiger partial charge >= 0.3 is 0 Å². The van der Waals surface area contributed by atoms with Crippen molar-refractivity contribution in [3.63, 3.8) is 0 Å². The molecule has 3 rings (SSSR count). The molecule has 29 heavy (non-hydrogen) atoms. The summed E-state index contributed by atoms with van der Waals surface area (Å²) in [5.74, 6) is 2.64. The van der Waals surface area contributed by atoms with E-state index in [-0.39, 0.29) is 0 Å². The van der Waals surface area contributed by atoms with Gasteiger partial charge in [0.1, 0.15) is 12.4 Å². The van der Waals surface area contributed by atoms with Crippen LogP contribution in [0, 0.1) is 5.92 Å². The van der Waals surface area contributed by atoms with Gasteiger partial charge in [-0.3, -0.25) is 0 Å². The first-order valence-electron chi connectivity index (χ1n) is 11.7. The molecular formula is C27H38OS. The zero-order valence-corrected chi connectivity index (χ0v) is 19.0. The topological polar surface area (TPSA) is 9.23 Å². The van der Waals surface area contributed by atoms with E-state index in [1.54, 1.807) is 0 Å². The molecule has 0 bridgehead atoms. The van der Waals surface area contributed by atoms with Crippen molar-refractivity contribution in [2.75, 3.05) is 0 Å². The molecule has 1 aliphatic rings. The van der Waals surface area contributed by atoms with Crippen LogP contribution in [0.5, 0.6) is 5.75 Å². The van der Waals surface area contributed by atoms with Crippen LogP contribution in [0.4, 0.5) is 0 Å². The highest BCUT2D eigenvalue weighted by Crippen LogP contribution is 2.37. The van der Waals surface area contributed by atoms with Crippen LogP contribution in [-0.4, -0.2) is 0 Å². The van der Waals surface area contributed by atoms with Crippen molar-refractivity contribution in [2.45, 2.75) is 95.0 Å². The second-order valence-corrected chi connectivity index (χ2v) is 9.31. The molecule has 0 N–H and O–H groups in total. The third kappa shape index (κ3) is 7.74. The number of unbranched alkanes of at least 4 members (excludes halogenated alkanes) is 5. The van der Waals surface area contributed by atoms with Crippen molar-refractivity contribution in [2.24, 2.45) is 5.92 Å². The van der Waals surface area contributed by atoms with Gasteiger partial charge in [0.05, 0.1) is 0 Å². The Morgan fingerprint density at radius 3 is 2.14 bits per heavy atom. The smallest absolute Gasteiger partial charge is 0.119 e. The first kappa shape index (κ1) is 22.3. The molecule has 0 saturated heterocycles. The average Bonchev–Trinajstić information content (AvgIpc) is 2.77. The zero-order valence-electron chi connectivity index (χ0n) is 18.1. The lowest BCUT2D eigenvalue weighted by atomic mass is 9.77. The van der Waals surface area contributed by atoms with Crippen LogP contribution in [0.25, 0.3) is 0 Å². The molecule has 2 heteroatoms. The Kier molecular flexibility index (Phi) is 9.47. The summed E-state index contributed by atoms with van der Waals surface area (Å²) in [6.45, 7) is 2.92. The molecule has 0 radical (unpaired) electrons. The maximum Gasteiger partial charge on any atom is 0.119 e. The molecule has 0 aliphatic heterocycles. The molecule has 2 aromatic carbocycles. The van der Waals surface area contributed by atoms with Gasteiger partial charge in [0.2, 0.25) is 0 Å². The molecule has 1 aliphatic carbocycles. The summed E-state index contributed by atoms with van der Waals surface area (Å²) in [7, 11) is 0. The van der Waals surface area contributed by atoms with Gasteiger partial charge in [-0.25, -0.2) is 0 Å². The summed E-state index contributed by atoms with van der Waals surface area (Å²) in [5.41, 5.74) is 2.76. The molecule has 158 valence electrons. The minimum absolute atomic E-state index is 0.622. The van der Waals surface area contributed by atoms with Crippen LogP contribution in [0.1, 0.15) is 94.6 Å². The quantitative estimate of drug-likeness (QED) is 0.288. The second-order valence-electron chi connectivity index (χ2n) is 8.80. The highest BCUT2D eigenvalue weighted by atomic mass is 32.1. The van der Waals surface area contributed by atoms with Crippen LogP contribution in [0.15, 0.2) is 53.4 Å². The first-order valence-corrected chi connectivity index (χ1v) is 12.2. The molecule has 0 heterocycles. The summed E-state index contributed by atoms with van der Waals surface area (Å²) in [6.07, 6.45) is 15.6. The van der Waals surface area contributed by atoms with E-state index in [2.05, 4.69) is 43.8 Å². The van der Waals surface area contributed by atoms with E-state index in [1.165, 1.54) is 81.8 Å². The fourth-order valence-electron chi connectivity index (χ4n) is 4.59. The van der Waals surface area contributed by atoms with Crippen molar-refractivity contribution in [3.05, 3.63) is 59.7 Å². The SMILES string of the molecule is CCCCCCCCC1CCC(c2ccc(COc3ccc(S)cc3)cc2)CC1. The van der Waals surface area contributed by atoms with Gasteiger partial charge in [-0.1, -0.05) is 76.1 Å². The standard InChI is InChI=1S/C27H38OS/c1-2-3-4-5-6-7-8-22-9-13-24(14-10-22)25-15-11-23(12-16-25)21-28-26-17-19-27(29)20-18-26/h11-12,15-20,22,24,29H,2-10,13-14,21H2,1H3. The summed E-state index contributed by atoms with van der Waals surface area (Å²) in [4.78, 5) is 0.961. The van der Waals surface area contributed by atoms with Gasteiger partial charge in [0.25, 0.3) is 0 Å². The number of ether oxygens (including phenoxy) is 1. The number of thiol groups is 1. The van der Waals surface area contributed by atoms with Crippen LogP contribution >= 0.6 is 12.6 Å². The zero-order chi connectivity index (χ0) is 20.3. The molecule has 1 fully saturated rings. The summed E-state index contributed by atoms with van der Waals surface area (Å²) >= 11 is 4.31. The fourth-order valence-corrected chi connectivity index (χ4v) is 4.74. The van der Waals surface area contributed by atoms with Gasteiger partial charge in [0.15, 0.2) is 0 Å². The predicted molar refractivity (Wildman–Crippen MR) is 127 cm³/mol. The van der Waals surface area contributed by atoms with Crippen molar-refractivity contribution in [1.29, 1.82) is 0 Å². The molecular weight excluding hydrogens is 372 g/mol. The van der Waals surface area contributed by atoms with Crippen molar-refractivity contribution < 1.29 is 4.74 Å². The monoisotopic (exact) mass is 410 g/mol. The fraction of sp³-hybridized carbons (Fsp3) is 0.556. The number of benzene rings is 2. The van der Waals surface area contributed by atoms with Gasteiger partial charge in [-0.2, -0.15) is 0 Å². The first-order chi connectivity index (χ1) is 14.2. The van der Waals surface area contributed by atoms with E-state index in [0.717, 1.165) is 22.5 Å². The van der Waals surface area contributed by atoms with Gasteiger partial charge in [-0.15, -0.1) is 12.6 Å². The van der Waals surface area contributed by atoms with Crippen LogP contribution in [0.3, 0.4) is 0 Å². The lowest BCUT2D eigenvalue weighted by molar-refractivity contribution is 0.300. The minimum Gasteiger partial charge on any atom is -0.489 e. The Hall–Kier alpha value is -1.41. The Bertz CT molecular complexity index is 683. The number of rotatable bonds is 11. The van der Waals surface area contributed by atoms with E-state index < -0.39 is 0 Å². The Labute approximate surface area is 183 Å². The van der Waals surface area contributed by atoms with Crippen LogP contribution < -0.4 is 4.74 Å². The lowest BCUT2D eigenvalue weighted by Gasteiger charge is -2.29. The van der Waals surface area contributed by atoms with E-state index in [4.69, 9.17) is 4.74 Å². The molecule has 0 amide bonds. The normalized spacial score (nSPS) is 19.2. The largest absolute Gasteiger partial charge is 0.489 e. The van der Waals surface area contributed by atoms with E-state index in [0.29, 0.717) is 6.61 Å². The molecule has 1 nitrogen and oxygen atoms in total. The Morgan fingerprint density at radius 2 is 1.45 bits per heavy atom. The van der Waals surface area contributed by atoms with Crippen LogP contribution in [-0.2, 0) is 6.61 Å². The molecule has 0 aromatic heterocycles. The third-order valence-electron chi connectivity index (χ3n) is 6.51. The lowest BCUT2D eigenvalue weighted by Crippen LogP contribution is -2.13. The van der Waals surface area contributed by atoms with E-state index >= 15 is 0 Å². The number of hydrogen-bond donors (Lipinski definition) is 1. The van der Waals surface area contributed by atoms with Crippen molar-refractivity contribution >= 4 is 12.6 Å². The highest BCUT2D eigenvalue weighted by molar-refractivity contribution is 7.80. The Balaban J connectivity index is 1.36. The second kappa shape index (κ2) is 12.3. The van der Waals surface area contributed by atoms with Crippen molar-refractivity contribution in [1.82, 2.24) is 0 Å². The molecule has 0 spiro atoms. The minimum atomic E-state index is 0.622. The van der Waals surface area contributed by atoms with E-state index in [9.17, 15) is 0 Å². The molecule has 1 saturated carbocycles. The van der Waals surface area contributed by atoms with E-state index in [1.807, 2.05) is 24.3 Å². The maximum atomic E-state index is 5.88. The average molecular weight is 411 g/mol. The summed E-state index contributed by atoms with van der Waals surface area (Å²) in [5, 5.41) is 0. The highest BCUT2D eigenvalue weighted by Gasteiger charge is 2.22. The van der Waals surface area contributed by atoms with Gasteiger partial charge < -0.3 is 4.74 Å². The summed E-state index contributed by atoms with van der Waals surface area (Å²) in [6, 6.07) is 17.0. The summed E-state index contributed by atoms with van der Waals surface area (Å²) < 4.78 is 5.88. The Morgan fingerprint density at radius 1 is 0.793 bits per heavy atom. The molecule has 0 atom stereocenters. The third-order valence-corrected chi connectivity index (χ3v) is 6.80. The van der Waals surface area contributed by atoms with Crippen molar-refractivity contribution in [3.8, 4) is 5.75 Å².